The van der Waals surface area contributed by atoms with E-state index in [9.17, 15) is 24.3 Å². The predicted octanol–water partition coefficient (Wildman–Crippen LogP) is 3.39. The monoisotopic (exact) mass is 502 g/mol. The Morgan fingerprint density at radius 3 is 1.62 bits per heavy atom. The molecule has 8 nitrogen and oxygen atoms in total. The van der Waals surface area contributed by atoms with E-state index in [-0.39, 0.29) is 25.9 Å². The summed E-state index contributed by atoms with van der Waals surface area (Å²) in [6.45, 7) is 0.314. The Hall–Kier alpha value is -4.20. The molecular formula is C29H30N2O6. The Morgan fingerprint density at radius 2 is 1.19 bits per heavy atom. The maximum absolute atomic E-state index is 13.5. The van der Waals surface area contributed by atoms with Gasteiger partial charge in [-0.05, 0) is 49.0 Å². The van der Waals surface area contributed by atoms with Gasteiger partial charge in [0.15, 0.2) is 11.1 Å². The minimum atomic E-state index is -1.97. The molecular weight excluding hydrogens is 472 g/mol. The first-order chi connectivity index (χ1) is 17.9. The molecule has 4 rings (SSSR count). The molecule has 2 fully saturated rings. The molecule has 37 heavy (non-hydrogen) atoms. The van der Waals surface area contributed by atoms with Gasteiger partial charge in [0.25, 0.3) is 0 Å². The minimum Gasteiger partial charge on any atom is -0.479 e. The highest BCUT2D eigenvalue weighted by Gasteiger charge is 2.72. The molecule has 2 aliphatic rings. The van der Waals surface area contributed by atoms with Crippen molar-refractivity contribution in [2.24, 2.45) is 0 Å². The van der Waals surface area contributed by atoms with Gasteiger partial charge in [-0.2, -0.15) is 0 Å². The van der Waals surface area contributed by atoms with Crippen LogP contribution in [0.4, 0.5) is 0 Å². The SMILES string of the molecule is COC(=O)[C@]1([C@]2(C(=O)O)CCCN2C(=O)C=Cc2ccccc2)CCCN1C(=O)C=Cc1ccccc1. The maximum Gasteiger partial charge on any atom is 0.334 e. The molecule has 2 heterocycles. The van der Waals surface area contributed by atoms with Crippen molar-refractivity contribution in [3.63, 3.8) is 0 Å². The number of carbonyl (C=O) groups excluding carboxylic acids is 3. The summed E-state index contributed by atoms with van der Waals surface area (Å²) in [7, 11) is 1.18. The van der Waals surface area contributed by atoms with Crippen molar-refractivity contribution in [1.29, 1.82) is 0 Å². The first-order valence-electron chi connectivity index (χ1n) is 12.3. The highest BCUT2D eigenvalue weighted by molar-refractivity contribution is 6.04. The van der Waals surface area contributed by atoms with Crippen LogP contribution in [-0.4, -0.2) is 69.9 Å². The fourth-order valence-electron chi connectivity index (χ4n) is 5.69. The van der Waals surface area contributed by atoms with Gasteiger partial charge in [0.1, 0.15) is 0 Å². The van der Waals surface area contributed by atoms with E-state index in [0.717, 1.165) is 11.1 Å². The van der Waals surface area contributed by atoms with Crippen LogP contribution in [0.15, 0.2) is 72.8 Å². The molecule has 2 aromatic carbocycles. The summed E-state index contributed by atoms with van der Waals surface area (Å²) in [4.78, 5) is 56.1. The first kappa shape index (κ1) is 25.9. The molecule has 2 aliphatic heterocycles. The number of benzene rings is 2. The number of rotatable bonds is 7. The van der Waals surface area contributed by atoms with Crippen molar-refractivity contribution < 1.29 is 29.0 Å². The van der Waals surface area contributed by atoms with Crippen molar-refractivity contribution in [3.8, 4) is 0 Å². The van der Waals surface area contributed by atoms with Crippen molar-refractivity contribution in [3.05, 3.63) is 83.9 Å². The molecule has 0 radical (unpaired) electrons. The Bertz CT molecular complexity index is 1230. The zero-order valence-electron chi connectivity index (χ0n) is 20.7. The van der Waals surface area contributed by atoms with Gasteiger partial charge in [0, 0.05) is 25.2 Å². The largest absolute Gasteiger partial charge is 0.479 e. The summed E-state index contributed by atoms with van der Waals surface area (Å²) in [6, 6.07) is 18.4. The van der Waals surface area contributed by atoms with E-state index in [1.54, 1.807) is 12.2 Å². The predicted molar refractivity (Wildman–Crippen MR) is 138 cm³/mol. The number of carbonyl (C=O) groups is 4. The molecule has 0 unspecified atom stereocenters. The van der Waals surface area contributed by atoms with Crippen LogP contribution in [0.2, 0.25) is 0 Å². The van der Waals surface area contributed by atoms with E-state index >= 15 is 0 Å². The second-order valence-electron chi connectivity index (χ2n) is 9.19. The zero-order chi connectivity index (χ0) is 26.5. The normalized spacial score (nSPS) is 23.6. The molecule has 2 amide bonds. The molecule has 2 aromatic rings. The van der Waals surface area contributed by atoms with Crippen LogP contribution in [0.3, 0.4) is 0 Å². The van der Waals surface area contributed by atoms with Crippen LogP contribution in [0.1, 0.15) is 36.8 Å². The quantitative estimate of drug-likeness (QED) is 0.460. The molecule has 8 heteroatoms. The van der Waals surface area contributed by atoms with Crippen LogP contribution >= 0.6 is 0 Å². The number of hydrogen-bond donors (Lipinski definition) is 1. The fourth-order valence-corrected chi connectivity index (χ4v) is 5.69. The third kappa shape index (κ3) is 4.55. The van der Waals surface area contributed by atoms with E-state index in [1.807, 2.05) is 60.7 Å². The Kier molecular flexibility index (Phi) is 7.57. The van der Waals surface area contributed by atoms with Crippen molar-refractivity contribution in [2.75, 3.05) is 20.2 Å². The van der Waals surface area contributed by atoms with Crippen molar-refractivity contribution in [2.45, 2.75) is 36.8 Å². The lowest BCUT2D eigenvalue weighted by Crippen LogP contribution is -2.75. The van der Waals surface area contributed by atoms with E-state index in [1.165, 1.54) is 29.1 Å². The Labute approximate surface area is 215 Å². The lowest BCUT2D eigenvalue weighted by atomic mass is 9.72. The number of ether oxygens (including phenoxy) is 1. The van der Waals surface area contributed by atoms with Gasteiger partial charge in [-0.3, -0.25) is 9.59 Å². The number of hydrogen-bond acceptors (Lipinski definition) is 5. The highest BCUT2D eigenvalue weighted by atomic mass is 16.5. The minimum absolute atomic E-state index is 0.0224. The molecule has 0 saturated carbocycles. The number of carboxylic acids is 1. The summed E-state index contributed by atoms with van der Waals surface area (Å²) in [5.41, 5.74) is -2.26. The van der Waals surface area contributed by atoms with Crippen LogP contribution < -0.4 is 0 Å². The third-order valence-corrected chi connectivity index (χ3v) is 7.29. The molecule has 2 atom stereocenters. The van der Waals surface area contributed by atoms with Gasteiger partial charge in [-0.1, -0.05) is 60.7 Å². The Balaban J connectivity index is 1.75. The Morgan fingerprint density at radius 1 is 0.757 bits per heavy atom. The second kappa shape index (κ2) is 10.8. The summed E-state index contributed by atoms with van der Waals surface area (Å²) in [5, 5.41) is 10.7. The standard InChI is InChI=1S/C29H30N2O6/c1-37-27(36)29(19-9-21-31(29)25(33)17-15-23-12-6-3-7-13-23)28(26(34)35)18-8-20-30(28)24(32)16-14-22-10-4-2-5-11-22/h2-7,10-17H,8-9,18-21H2,1H3,(H,34,35)/t28-,29+/m1/s1. The fraction of sp³-hybridized carbons (Fsp3) is 0.310. The number of amides is 2. The molecule has 0 aromatic heterocycles. The topological polar surface area (TPSA) is 104 Å². The molecule has 2 saturated heterocycles. The lowest BCUT2D eigenvalue weighted by Gasteiger charge is -2.49. The van der Waals surface area contributed by atoms with Gasteiger partial charge in [-0.25, -0.2) is 9.59 Å². The number of aliphatic carboxylic acids is 1. The van der Waals surface area contributed by atoms with Gasteiger partial charge >= 0.3 is 11.9 Å². The van der Waals surface area contributed by atoms with Gasteiger partial charge < -0.3 is 19.6 Å². The van der Waals surface area contributed by atoms with E-state index in [2.05, 4.69) is 0 Å². The van der Waals surface area contributed by atoms with Gasteiger partial charge in [-0.15, -0.1) is 0 Å². The number of carboxylic acid groups (broad SMARTS) is 1. The molecule has 1 N–H and O–H groups in total. The van der Waals surface area contributed by atoms with Crippen molar-refractivity contribution >= 4 is 35.9 Å². The number of nitrogens with zero attached hydrogens (tertiary/aromatic N) is 2. The average Bonchev–Trinajstić information content (AvgIpc) is 3.58. The molecule has 192 valence electrons. The smallest absolute Gasteiger partial charge is 0.334 e. The van der Waals surface area contributed by atoms with E-state index in [0.29, 0.717) is 12.8 Å². The lowest BCUT2D eigenvalue weighted by molar-refractivity contribution is -0.182. The first-order valence-corrected chi connectivity index (χ1v) is 12.3. The summed E-state index contributed by atoms with van der Waals surface area (Å²) in [5.74, 6) is -3.21. The highest BCUT2D eigenvalue weighted by Crippen LogP contribution is 2.49. The second-order valence-corrected chi connectivity index (χ2v) is 9.19. The van der Waals surface area contributed by atoms with Crippen molar-refractivity contribution in [1.82, 2.24) is 9.80 Å². The number of likely N-dealkylation sites (tertiary alicyclic amines) is 2. The van der Waals surface area contributed by atoms with Crippen LogP contribution in [0.25, 0.3) is 12.2 Å². The number of methoxy groups -OCH3 is 1. The maximum atomic E-state index is 13.5. The van der Waals surface area contributed by atoms with Crippen LogP contribution in [0, 0.1) is 0 Å². The molecule has 0 spiro atoms. The van der Waals surface area contributed by atoms with Gasteiger partial charge in [0.2, 0.25) is 11.8 Å². The zero-order valence-corrected chi connectivity index (χ0v) is 20.7. The average molecular weight is 503 g/mol. The number of esters is 1. The van der Waals surface area contributed by atoms with Crippen LogP contribution in [0.5, 0.6) is 0 Å². The summed E-state index contributed by atoms with van der Waals surface area (Å²) < 4.78 is 5.15. The molecule has 0 aliphatic carbocycles. The van der Waals surface area contributed by atoms with E-state index in [4.69, 9.17) is 4.74 Å². The van der Waals surface area contributed by atoms with Crippen LogP contribution in [-0.2, 0) is 23.9 Å². The third-order valence-electron chi connectivity index (χ3n) is 7.29. The molecule has 0 bridgehead atoms. The van der Waals surface area contributed by atoms with Gasteiger partial charge in [0.05, 0.1) is 7.11 Å². The summed E-state index contributed by atoms with van der Waals surface area (Å²) >= 11 is 0. The van der Waals surface area contributed by atoms with E-state index < -0.39 is 34.8 Å². The summed E-state index contributed by atoms with van der Waals surface area (Å²) in [6.07, 6.45) is 6.75.